The lowest BCUT2D eigenvalue weighted by Crippen LogP contribution is -2.28. The monoisotopic (exact) mass is 220 g/mol. The van der Waals surface area contributed by atoms with Gasteiger partial charge in [-0.1, -0.05) is 32.9 Å². The van der Waals surface area contributed by atoms with Crippen molar-refractivity contribution in [1.82, 2.24) is 0 Å². The topological polar surface area (TPSA) is 47.6 Å². The molecule has 0 saturated heterocycles. The summed E-state index contributed by atoms with van der Waals surface area (Å²) in [4.78, 5) is 4.37. The van der Waals surface area contributed by atoms with E-state index in [4.69, 9.17) is 10.5 Å². The van der Waals surface area contributed by atoms with Gasteiger partial charge in [0.2, 0.25) is 0 Å². The Kier molecular flexibility index (Phi) is 3.93. The minimum atomic E-state index is -0.0630. The van der Waals surface area contributed by atoms with Gasteiger partial charge < -0.3 is 10.5 Å². The Bertz CT molecular complexity index is 361. The van der Waals surface area contributed by atoms with Crippen LogP contribution in [0.4, 0.5) is 0 Å². The maximum Gasteiger partial charge on any atom is 0.118 e. The van der Waals surface area contributed by atoms with Gasteiger partial charge in [0.05, 0.1) is 19.5 Å². The van der Waals surface area contributed by atoms with Gasteiger partial charge in [-0.2, -0.15) is 0 Å². The number of nitrogens with two attached hydrogens (primary N) is 1. The average Bonchev–Trinajstić information content (AvgIpc) is 2.25. The van der Waals surface area contributed by atoms with Gasteiger partial charge in [0.1, 0.15) is 5.75 Å². The van der Waals surface area contributed by atoms with Gasteiger partial charge in [0, 0.05) is 5.41 Å². The molecule has 0 saturated carbocycles. The first kappa shape index (κ1) is 12.6. The first-order valence-electron chi connectivity index (χ1n) is 5.37. The highest BCUT2D eigenvalue weighted by Gasteiger charge is 2.14. The summed E-state index contributed by atoms with van der Waals surface area (Å²) in [6.45, 7) is 6.78. The Labute approximate surface area is 97.3 Å². The van der Waals surface area contributed by atoms with Gasteiger partial charge in [-0.3, -0.25) is 4.99 Å². The lowest BCUT2D eigenvalue weighted by molar-refractivity contribution is 0.414. The van der Waals surface area contributed by atoms with Crippen LogP contribution in [0.1, 0.15) is 26.3 Å². The van der Waals surface area contributed by atoms with Crippen molar-refractivity contribution in [1.29, 1.82) is 0 Å². The predicted molar refractivity (Wildman–Crippen MR) is 67.8 cm³/mol. The van der Waals surface area contributed by atoms with Crippen molar-refractivity contribution in [3.8, 4) is 5.75 Å². The predicted octanol–water partition coefficient (Wildman–Crippen LogP) is 2.60. The summed E-state index contributed by atoms with van der Waals surface area (Å²) in [5.41, 5.74) is 6.95. The number of hydrogen-bond donors (Lipinski definition) is 1. The molecule has 2 N–H and O–H groups in total. The number of aliphatic imine (C=N–C) groups is 1. The molecule has 0 heterocycles. The van der Waals surface area contributed by atoms with E-state index in [1.807, 2.05) is 24.3 Å². The summed E-state index contributed by atoms with van der Waals surface area (Å²) < 4.78 is 5.09. The Balaban J connectivity index is 2.67. The van der Waals surface area contributed by atoms with Crippen LogP contribution in [0.15, 0.2) is 29.3 Å². The molecule has 0 radical (unpaired) electrons. The van der Waals surface area contributed by atoms with Crippen molar-refractivity contribution in [2.45, 2.75) is 27.3 Å². The first-order chi connectivity index (χ1) is 7.43. The zero-order valence-corrected chi connectivity index (χ0v) is 10.4. The van der Waals surface area contributed by atoms with Crippen molar-refractivity contribution in [2.24, 2.45) is 16.1 Å². The van der Waals surface area contributed by atoms with E-state index in [0.29, 0.717) is 12.4 Å². The van der Waals surface area contributed by atoms with Crippen LogP contribution in [0.3, 0.4) is 0 Å². The summed E-state index contributed by atoms with van der Waals surface area (Å²) in [6, 6.07) is 7.85. The Hall–Kier alpha value is -1.51. The number of rotatable bonds is 3. The fourth-order valence-electron chi connectivity index (χ4n) is 1.14. The minimum Gasteiger partial charge on any atom is -0.497 e. The molecule has 16 heavy (non-hydrogen) atoms. The highest BCUT2D eigenvalue weighted by Crippen LogP contribution is 2.15. The van der Waals surface area contributed by atoms with E-state index in [-0.39, 0.29) is 5.41 Å². The molecule has 1 aromatic rings. The summed E-state index contributed by atoms with van der Waals surface area (Å²) in [5.74, 6) is 1.54. The number of nitrogens with zero attached hydrogens (tertiary/aromatic N) is 1. The summed E-state index contributed by atoms with van der Waals surface area (Å²) in [6.07, 6.45) is 0. The van der Waals surface area contributed by atoms with Gasteiger partial charge in [-0.15, -0.1) is 0 Å². The van der Waals surface area contributed by atoms with E-state index in [9.17, 15) is 0 Å². The van der Waals surface area contributed by atoms with Gasteiger partial charge in [-0.25, -0.2) is 0 Å². The molecule has 0 fully saturated rings. The molecule has 3 nitrogen and oxygen atoms in total. The van der Waals surface area contributed by atoms with Gasteiger partial charge in [-0.05, 0) is 17.7 Å². The fraction of sp³-hybridized carbons (Fsp3) is 0.462. The third-order valence-corrected chi connectivity index (χ3v) is 2.36. The lowest BCUT2D eigenvalue weighted by atomic mass is 9.95. The zero-order valence-electron chi connectivity index (χ0n) is 10.4. The second kappa shape index (κ2) is 5.01. The highest BCUT2D eigenvalue weighted by atomic mass is 16.5. The molecule has 0 aromatic heterocycles. The van der Waals surface area contributed by atoms with Crippen molar-refractivity contribution in [2.75, 3.05) is 7.11 Å². The standard InChI is InChI=1S/C13H20N2O/c1-13(2,3)12(14)15-9-10-5-7-11(16-4)8-6-10/h5-8H,9H2,1-4H3,(H2,14,15). The molecule has 0 aliphatic heterocycles. The van der Waals surface area contributed by atoms with Crippen LogP contribution in [0, 0.1) is 5.41 Å². The maximum atomic E-state index is 5.88. The minimum absolute atomic E-state index is 0.0630. The molecule has 0 bridgehead atoms. The number of amidine groups is 1. The van der Waals surface area contributed by atoms with Crippen LogP contribution < -0.4 is 10.5 Å². The Morgan fingerprint density at radius 1 is 1.25 bits per heavy atom. The van der Waals surface area contributed by atoms with Crippen LogP contribution in [0.2, 0.25) is 0 Å². The molecular weight excluding hydrogens is 200 g/mol. The Morgan fingerprint density at radius 3 is 2.25 bits per heavy atom. The molecule has 88 valence electrons. The van der Waals surface area contributed by atoms with Crippen molar-refractivity contribution in [3.05, 3.63) is 29.8 Å². The maximum absolute atomic E-state index is 5.88. The average molecular weight is 220 g/mol. The zero-order chi connectivity index (χ0) is 12.2. The molecule has 0 spiro atoms. The van der Waals surface area contributed by atoms with E-state index in [2.05, 4.69) is 25.8 Å². The van der Waals surface area contributed by atoms with Crippen LogP contribution in [0.5, 0.6) is 5.75 Å². The quantitative estimate of drug-likeness (QED) is 0.628. The molecule has 0 aliphatic rings. The van der Waals surface area contributed by atoms with Crippen LogP contribution >= 0.6 is 0 Å². The second-order valence-corrected chi connectivity index (χ2v) is 4.80. The number of benzene rings is 1. The molecule has 0 amide bonds. The lowest BCUT2D eigenvalue weighted by Gasteiger charge is -2.17. The third-order valence-electron chi connectivity index (χ3n) is 2.36. The summed E-state index contributed by atoms with van der Waals surface area (Å²) in [7, 11) is 1.66. The van der Waals surface area contributed by atoms with E-state index < -0.39 is 0 Å². The summed E-state index contributed by atoms with van der Waals surface area (Å²) in [5, 5.41) is 0. The second-order valence-electron chi connectivity index (χ2n) is 4.80. The summed E-state index contributed by atoms with van der Waals surface area (Å²) >= 11 is 0. The van der Waals surface area contributed by atoms with Crippen molar-refractivity contribution < 1.29 is 4.74 Å². The van der Waals surface area contributed by atoms with Crippen LogP contribution in [-0.2, 0) is 6.54 Å². The molecule has 0 aliphatic carbocycles. The first-order valence-corrected chi connectivity index (χ1v) is 5.37. The molecule has 1 rings (SSSR count). The largest absolute Gasteiger partial charge is 0.497 e. The van der Waals surface area contributed by atoms with E-state index in [1.165, 1.54) is 0 Å². The van der Waals surface area contributed by atoms with Gasteiger partial charge in [0.15, 0.2) is 0 Å². The smallest absolute Gasteiger partial charge is 0.118 e. The Morgan fingerprint density at radius 2 is 1.81 bits per heavy atom. The van der Waals surface area contributed by atoms with E-state index in [1.54, 1.807) is 7.11 Å². The highest BCUT2D eigenvalue weighted by molar-refractivity contribution is 5.85. The van der Waals surface area contributed by atoms with Crippen LogP contribution in [0.25, 0.3) is 0 Å². The van der Waals surface area contributed by atoms with Crippen molar-refractivity contribution >= 4 is 5.84 Å². The van der Waals surface area contributed by atoms with Crippen LogP contribution in [-0.4, -0.2) is 12.9 Å². The molecule has 0 unspecified atom stereocenters. The SMILES string of the molecule is COc1ccc(CN=C(N)C(C)(C)C)cc1. The van der Waals surface area contributed by atoms with E-state index >= 15 is 0 Å². The molecule has 0 atom stereocenters. The van der Waals surface area contributed by atoms with Gasteiger partial charge >= 0.3 is 0 Å². The molecule has 3 heteroatoms. The number of ether oxygens (including phenoxy) is 1. The third kappa shape index (κ3) is 3.57. The van der Waals surface area contributed by atoms with Gasteiger partial charge in [0.25, 0.3) is 0 Å². The fourth-order valence-corrected chi connectivity index (χ4v) is 1.14. The molecular formula is C13H20N2O. The molecule has 1 aromatic carbocycles. The van der Waals surface area contributed by atoms with Crippen molar-refractivity contribution in [3.63, 3.8) is 0 Å². The normalized spacial score (nSPS) is 12.6. The number of methoxy groups -OCH3 is 1. The van der Waals surface area contributed by atoms with E-state index in [0.717, 1.165) is 11.3 Å². The number of hydrogen-bond acceptors (Lipinski definition) is 2.